The highest BCUT2D eigenvalue weighted by Gasteiger charge is 2.56. The van der Waals surface area contributed by atoms with Gasteiger partial charge in [-0.2, -0.15) is 0 Å². The Hall–Kier alpha value is -3.38. The lowest BCUT2D eigenvalue weighted by molar-refractivity contribution is -0.140. The third kappa shape index (κ3) is 7.22. The molecule has 0 aromatic heterocycles. The van der Waals surface area contributed by atoms with Crippen LogP contribution in [0.25, 0.3) is 0 Å². The lowest BCUT2D eigenvalue weighted by Gasteiger charge is -2.29. The predicted octanol–water partition coefficient (Wildman–Crippen LogP) is 3.46. The minimum atomic E-state index is -0.975. The molecule has 6 rings (SSSR count). The summed E-state index contributed by atoms with van der Waals surface area (Å²) in [6.45, 7) is 1.51. The normalized spacial score (nSPS) is 31.9. The summed E-state index contributed by atoms with van der Waals surface area (Å²) in [5.41, 5.74) is 0.984. The zero-order chi connectivity index (χ0) is 31.6. The maximum atomic E-state index is 14.1. The van der Waals surface area contributed by atoms with Crippen molar-refractivity contribution in [2.45, 2.75) is 107 Å². The Morgan fingerprint density at radius 2 is 1.80 bits per heavy atom. The molecule has 244 valence electrons. The average molecular weight is 645 g/mol. The van der Waals surface area contributed by atoms with E-state index in [1.165, 1.54) is 4.90 Å². The van der Waals surface area contributed by atoms with E-state index < -0.39 is 47.7 Å². The lowest BCUT2D eigenvalue weighted by Crippen LogP contribution is -2.55. The van der Waals surface area contributed by atoms with E-state index in [9.17, 15) is 24.0 Å². The number of rotatable bonds is 4. The maximum absolute atomic E-state index is 14.1. The van der Waals surface area contributed by atoms with Crippen molar-refractivity contribution in [3.63, 3.8) is 0 Å². The molecule has 1 saturated carbocycles. The van der Waals surface area contributed by atoms with Gasteiger partial charge in [-0.05, 0) is 48.4 Å². The van der Waals surface area contributed by atoms with Gasteiger partial charge in [0, 0.05) is 31.0 Å². The molecule has 0 radical (unpaired) electrons. The minimum absolute atomic E-state index is 0.0174. The van der Waals surface area contributed by atoms with E-state index in [0.717, 1.165) is 49.5 Å². The van der Waals surface area contributed by atoms with Crippen LogP contribution in [0.3, 0.4) is 0 Å². The fraction of sp³-hybridized carbons (Fsp3) is 0.656. The number of halogens is 1. The second kappa shape index (κ2) is 13.5. The van der Waals surface area contributed by atoms with Crippen molar-refractivity contribution < 1.29 is 38.2 Å². The van der Waals surface area contributed by atoms with Crippen molar-refractivity contribution in [2.24, 2.45) is 5.92 Å². The smallest absolute Gasteiger partial charge is 0.410 e. The Balaban J connectivity index is 1.18. The highest BCUT2D eigenvalue weighted by Crippen LogP contribution is 2.46. The maximum Gasteiger partial charge on any atom is 0.410 e. The number of aldehydes is 1. The number of hydrogen-bond donors (Lipinski definition) is 2. The van der Waals surface area contributed by atoms with Gasteiger partial charge < -0.3 is 34.5 Å². The Bertz CT molecular complexity index is 1320. The molecule has 1 aliphatic carbocycles. The van der Waals surface area contributed by atoms with Crippen LogP contribution in [-0.2, 0) is 41.7 Å². The number of ether oxygens (including phenoxy) is 3. The summed E-state index contributed by atoms with van der Waals surface area (Å²) in [7, 11) is 0. The molecule has 0 bridgehead atoms. The molecule has 1 aromatic carbocycles. The third-order valence-corrected chi connectivity index (χ3v) is 10.0. The molecule has 1 aromatic rings. The van der Waals surface area contributed by atoms with Crippen molar-refractivity contribution >= 4 is 41.9 Å². The number of nitrogens with one attached hydrogen (secondary N) is 2. The van der Waals surface area contributed by atoms with Gasteiger partial charge in [-0.1, -0.05) is 49.8 Å². The first kappa shape index (κ1) is 31.6. The summed E-state index contributed by atoms with van der Waals surface area (Å²) < 4.78 is 16.7. The monoisotopic (exact) mass is 644 g/mol. The fourth-order valence-electron chi connectivity index (χ4n) is 7.09. The topological polar surface area (TPSA) is 144 Å². The second-order valence-electron chi connectivity index (χ2n) is 13.0. The van der Waals surface area contributed by atoms with Crippen molar-refractivity contribution in [1.82, 2.24) is 20.4 Å². The van der Waals surface area contributed by atoms with Crippen LogP contribution in [0.1, 0.15) is 75.3 Å². The molecule has 2 N–H and O–H groups in total. The summed E-state index contributed by atoms with van der Waals surface area (Å²) >= 11 is 6.13. The number of carbonyl (C=O) groups excluding carboxylic acids is 5. The Morgan fingerprint density at radius 3 is 2.58 bits per heavy atom. The van der Waals surface area contributed by atoms with E-state index in [0.29, 0.717) is 57.0 Å². The van der Waals surface area contributed by atoms with Crippen molar-refractivity contribution in [2.75, 3.05) is 19.8 Å². The van der Waals surface area contributed by atoms with E-state index in [-0.39, 0.29) is 25.0 Å². The number of nitrogens with zero attached hydrogens (tertiary/aromatic N) is 2. The minimum Gasteiger partial charge on any atom is -0.444 e. The number of carbonyl (C=O) groups is 5. The van der Waals surface area contributed by atoms with Gasteiger partial charge in [-0.3, -0.25) is 14.5 Å². The van der Waals surface area contributed by atoms with E-state index in [4.69, 9.17) is 25.8 Å². The zero-order valence-electron chi connectivity index (χ0n) is 25.3. The van der Waals surface area contributed by atoms with Crippen LogP contribution in [0.15, 0.2) is 18.2 Å². The van der Waals surface area contributed by atoms with Crippen molar-refractivity contribution in [3.8, 4) is 0 Å². The molecule has 4 aliphatic heterocycles. The van der Waals surface area contributed by atoms with Gasteiger partial charge in [0.05, 0.1) is 25.3 Å². The van der Waals surface area contributed by atoms with Crippen LogP contribution in [0, 0.1) is 5.92 Å². The highest BCUT2D eigenvalue weighted by molar-refractivity contribution is 6.30. The molecule has 6 unspecified atom stereocenters. The van der Waals surface area contributed by atoms with Crippen LogP contribution in [-0.4, -0.2) is 89.7 Å². The van der Waals surface area contributed by atoms with Gasteiger partial charge in [0.1, 0.15) is 30.6 Å². The molecule has 45 heavy (non-hydrogen) atoms. The van der Waals surface area contributed by atoms with Crippen LogP contribution in [0.2, 0.25) is 5.02 Å². The molecule has 3 saturated heterocycles. The summed E-state index contributed by atoms with van der Waals surface area (Å²) in [6, 6.07) is 3.58. The van der Waals surface area contributed by atoms with Gasteiger partial charge in [0.15, 0.2) is 0 Å². The first-order chi connectivity index (χ1) is 21.7. The third-order valence-electron chi connectivity index (χ3n) is 9.78. The van der Waals surface area contributed by atoms with Gasteiger partial charge in [-0.25, -0.2) is 9.59 Å². The molecule has 4 amide bonds. The molecule has 13 heteroatoms. The lowest BCUT2D eigenvalue weighted by atomic mass is 10.0. The van der Waals surface area contributed by atoms with Gasteiger partial charge in [0.25, 0.3) is 0 Å². The van der Waals surface area contributed by atoms with E-state index in [1.54, 1.807) is 11.0 Å². The number of alkyl carbamates (subject to hydrolysis) is 1. The SMILES string of the molecule is O=CC12CC1CCCCCCCC(NC(=O)OC1CCOC1)C(=O)N1CC(OC(=O)N3Cc4ccc(Cl)cc4C3)CC1C(=O)N2. The Kier molecular flexibility index (Phi) is 9.51. The molecule has 0 spiro atoms. The van der Waals surface area contributed by atoms with E-state index in [1.807, 2.05) is 12.1 Å². The van der Waals surface area contributed by atoms with E-state index in [2.05, 4.69) is 10.6 Å². The number of benzene rings is 1. The van der Waals surface area contributed by atoms with Crippen molar-refractivity contribution in [3.05, 3.63) is 34.3 Å². The summed E-state index contributed by atoms with van der Waals surface area (Å²) in [4.78, 5) is 69.0. The van der Waals surface area contributed by atoms with Crippen LogP contribution >= 0.6 is 11.6 Å². The summed E-state index contributed by atoms with van der Waals surface area (Å²) in [5.74, 6) is -0.838. The molecule has 6 atom stereocenters. The average Bonchev–Trinajstić information content (AvgIpc) is 3.44. The number of fused-ring (bicyclic) bond motifs is 3. The van der Waals surface area contributed by atoms with Gasteiger partial charge >= 0.3 is 12.2 Å². The Morgan fingerprint density at radius 1 is 1.02 bits per heavy atom. The highest BCUT2D eigenvalue weighted by atomic mass is 35.5. The molecule has 12 nitrogen and oxygen atoms in total. The number of hydrogen-bond acceptors (Lipinski definition) is 8. The summed E-state index contributed by atoms with van der Waals surface area (Å²) in [6.07, 6.45) is 5.37. The Labute approximate surface area is 267 Å². The van der Waals surface area contributed by atoms with Crippen LogP contribution < -0.4 is 10.6 Å². The summed E-state index contributed by atoms with van der Waals surface area (Å²) in [5, 5.41) is 6.27. The molecular formula is C32H41ClN4O8. The first-order valence-corrected chi connectivity index (χ1v) is 16.5. The standard InChI is InChI=1S/C32H41ClN4O8/c33-23-9-8-20-15-36(16-21(20)12-23)31(42)45-25-13-27-28(39)35-32(19-38)14-22(32)6-4-2-1-3-5-7-26(29(40)37(27)17-25)34-30(41)44-24-10-11-43-18-24/h8-9,12,19,22,24-27H,1-7,10-11,13-18H2,(H,34,41)(H,35,39). The van der Waals surface area contributed by atoms with Crippen LogP contribution in [0.5, 0.6) is 0 Å². The zero-order valence-corrected chi connectivity index (χ0v) is 26.1. The van der Waals surface area contributed by atoms with Crippen LogP contribution in [0.4, 0.5) is 9.59 Å². The number of amides is 4. The van der Waals surface area contributed by atoms with Gasteiger partial charge in [0.2, 0.25) is 11.8 Å². The first-order valence-electron chi connectivity index (χ1n) is 16.1. The molecule has 4 fully saturated rings. The van der Waals surface area contributed by atoms with E-state index >= 15 is 0 Å². The molecule has 5 aliphatic rings. The molecular weight excluding hydrogens is 604 g/mol. The quantitative estimate of drug-likeness (QED) is 0.475. The van der Waals surface area contributed by atoms with Crippen molar-refractivity contribution in [1.29, 1.82) is 0 Å². The largest absolute Gasteiger partial charge is 0.444 e. The predicted molar refractivity (Wildman–Crippen MR) is 161 cm³/mol. The molecule has 4 heterocycles. The second-order valence-corrected chi connectivity index (χ2v) is 13.4. The van der Waals surface area contributed by atoms with Gasteiger partial charge in [-0.15, -0.1) is 0 Å². The fourth-order valence-corrected chi connectivity index (χ4v) is 7.29.